The molecule has 0 aromatic carbocycles. The van der Waals surface area contributed by atoms with Crippen LogP contribution in [0.3, 0.4) is 0 Å². The SMILES string of the molecule is CC(C)CNN1NC=CS1. The normalized spacial score (nSPS) is 18.3. The molecule has 0 unspecified atom stereocenters. The zero-order valence-electron chi connectivity index (χ0n) is 6.29. The molecule has 1 aliphatic heterocycles. The van der Waals surface area contributed by atoms with E-state index in [-0.39, 0.29) is 0 Å². The summed E-state index contributed by atoms with van der Waals surface area (Å²) in [5.74, 6) is 0.683. The van der Waals surface area contributed by atoms with E-state index in [4.69, 9.17) is 0 Å². The Morgan fingerprint density at radius 1 is 1.70 bits per heavy atom. The summed E-state index contributed by atoms with van der Waals surface area (Å²) in [5.41, 5.74) is 6.22. The second kappa shape index (κ2) is 3.85. The summed E-state index contributed by atoms with van der Waals surface area (Å²) in [4.78, 5) is 0. The molecule has 0 atom stereocenters. The van der Waals surface area contributed by atoms with Crippen molar-refractivity contribution >= 4 is 11.9 Å². The first-order chi connectivity index (χ1) is 4.79. The number of nitrogens with one attached hydrogen (secondary N) is 2. The molecule has 0 aliphatic carbocycles. The maximum Gasteiger partial charge on any atom is 0.0228 e. The van der Waals surface area contributed by atoms with Gasteiger partial charge in [0.05, 0.1) is 0 Å². The molecule has 58 valence electrons. The Kier molecular flexibility index (Phi) is 3.05. The minimum Gasteiger partial charge on any atom is -0.302 e. The Morgan fingerprint density at radius 2 is 2.50 bits per heavy atom. The van der Waals surface area contributed by atoms with Gasteiger partial charge in [0.1, 0.15) is 0 Å². The van der Waals surface area contributed by atoms with Gasteiger partial charge in [-0.25, -0.2) is 5.43 Å². The van der Waals surface area contributed by atoms with Crippen LogP contribution in [0, 0.1) is 5.92 Å². The molecule has 4 heteroatoms. The van der Waals surface area contributed by atoms with Crippen molar-refractivity contribution in [2.45, 2.75) is 13.8 Å². The first-order valence-corrected chi connectivity index (χ1v) is 4.24. The Bertz CT molecular complexity index is 116. The lowest BCUT2D eigenvalue weighted by atomic mass is 10.2. The van der Waals surface area contributed by atoms with Gasteiger partial charge in [0.2, 0.25) is 0 Å². The summed E-state index contributed by atoms with van der Waals surface area (Å²) in [6, 6.07) is 0. The number of nitrogens with zero attached hydrogens (tertiary/aromatic N) is 1. The van der Waals surface area contributed by atoms with Gasteiger partial charge >= 0.3 is 0 Å². The van der Waals surface area contributed by atoms with Gasteiger partial charge in [0.25, 0.3) is 0 Å². The van der Waals surface area contributed by atoms with Gasteiger partial charge in [-0.05, 0) is 17.9 Å². The van der Waals surface area contributed by atoms with Gasteiger partial charge in [-0.15, -0.1) is 0 Å². The van der Waals surface area contributed by atoms with E-state index in [1.807, 2.05) is 16.1 Å². The van der Waals surface area contributed by atoms with Crippen molar-refractivity contribution in [3.8, 4) is 0 Å². The molecular weight excluding hydrogens is 146 g/mol. The molecular formula is C6H13N3S. The van der Waals surface area contributed by atoms with E-state index in [9.17, 15) is 0 Å². The van der Waals surface area contributed by atoms with Crippen molar-refractivity contribution in [2.75, 3.05) is 6.54 Å². The first-order valence-electron chi connectivity index (χ1n) is 3.40. The van der Waals surface area contributed by atoms with Crippen molar-refractivity contribution in [2.24, 2.45) is 5.92 Å². The Labute approximate surface area is 65.9 Å². The zero-order chi connectivity index (χ0) is 7.40. The maximum atomic E-state index is 3.20. The molecule has 0 radical (unpaired) electrons. The van der Waals surface area contributed by atoms with Crippen molar-refractivity contribution in [3.63, 3.8) is 0 Å². The largest absolute Gasteiger partial charge is 0.302 e. The molecule has 0 amide bonds. The van der Waals surface area contributed by atoms with E-state index < -0.39 is 0 Å². The highest BCUT2D eigenvalue weighted by atomic mass is 32.2. The minimum atomic E-state index is 0.683. The third kappa shape index (κ3) is 2.60. The summed E-state index contributed by atoms with van der Waals surface area (Å²) in [5, 5.41) is 1.99. The van der Waals surface area contributed by atoms with E-state index in [1.165, 1.54) is 0 Å². The maximum absolute atomic E-state index is 3.20. The number of hydrogen-bond acceptors (Lipinski definition) is 4. The average molecular weight is 159 g/mol. The molecule has 2 N–H and O–H groups in total. The van der Waals surface area contributed by atoms with Gasteiger partial charge in [0.15, 0.2) is 0 Å². The van der Waals surface area contributed by atoms with Crippen molar-refractivity contribution < 1.29 is 0 Å². The summed E-state index contributed by atoms with van der Waals surface area (Å²) < 4.78 is 1.89. The van der Waals surface area contributed by atoms with Crippen LogP contribution in [0.2, 0.25) is 0 Å². The van der Waals surface area contributed by atoms with Gasteiger partial charge < -0.3 is 5.43 Å². The average Bonchev–Trinajstić information content (AvgIpc) is 2.34. The van der Waals surface area contributed by atoms with Crippen molar-refractivity contribution in [3.05, 3.63) is 11.6 Å². The van der Waals surface area contributed by atoms with E-state index in [0.717, 1.165) is 6.54 Å². The molecule has 1 rings (SSSR count). The molecule has 0 aromatic heterocycles. The van der Waals surface area contributed by atoms with E-state index in [2.05, 4.69) is 24.7 Å². The monoisotopic (exact) mass is 159 g/mol. The quantitative estimate of drug-likeness (QED) is 0.603. The molecule has 0 fully saturated rings. The smallest absolute Gasteiger partial charge is 0.0228 e. The van der Waals surface area contributed by atoms with Crippen LogP contribution in [0.4, 0.5) is 0 Å². The molecule has 0 saturated heterocycles. The van der Waals surface area contributed by atoms with Gasteiger partial charge in [-0.3, -0.25) is 0 Å². The molecule has 1 aliphatic rings. The molecule has 0 bridgehead atoms. The van der Waals surface area contributed by atoms with Crippen LogP contribution in [-0.2, 0) is 0 Å². The van der Waals surface area contributed by atoms with Gasteiger partial charge in [0, 0.05) is 18.2 Å². The van der Waals surface area contributed by atoms with E-state index >= 15 is 0 Å². The van der Waals surface area contributed by atoms with E-state index in [0.29, 0.717) is 5.92 Å². The van der Waals surface area contributed by atoms with Crippen LogP contribution in [-0.4, -0.2) is 11.1 Å². The standard InChI is InChI=1S/C6H13N3S/c1-6(2)5-8-9-7-3-4-10-9/h3-4,6-8H,5H2,1-2H3. The first kappa shape index (κ1) is 7.91. The van der Waals surface area contributed by atoms with E-state index in [1.54, 1.807) is 11.9 Å². The lowest BCUT2D eigenvalue weighted by Crippen LogP contribution is -2.39. The van der Waals surface area contributed by atoms with Gasteiger partial charge in [-0.1, -0.05) is 18.4 Å². The predicted molar refractivity (Wildman–Crippen MR) is 44.5 cm³/mol. The number of hydrazine groups is 2. The van der Waals surface area contributed by atoms with Crippen LogP contribution >= 0.6 is 11.9 Å². The lowest BCUT2D eigenvalue weighted by Gasteiger charge is -2.16. The Hall–Kier alpha value is -0.190. The van der Waals surface area contributed by atoms with Crippen LogP contribution in [0.25, 0.3) is 0 Å². The third-order valence-corrected chi connectivity index (χ3v) is 1.77. The van der Waals surface area contributed by atoms with Crippen LogP contribution in [0.15, 0.2) is 11.6 Å². The molecule has 10 heavy (non-hydrogen) atoms. The Balaban J connectivity index is 2.03. The van der Waals surface area contributed by atoms with Gasteiger partial charge in [-0.2, -0.15) is 0 Å². The second-order valence-electron chi connectivity index (χ2n) is 2.59. The number of hydrogen-bond donors (Lipinski definition) is 2. The Morgan fingerprint density at radius 3 is 3.00 bits per heavy atom. The highest BCUT2D eigenvalue weighted by Crippen LogP contribution is 2.09. The lowest BCUT2D eigenvalue weighted by molar-refractivity contribution is 0.289. The fourth-order valence-electron chi connectivity index (χ4n) is 0.568. The summed E-state index contributed by atoms with van der Waals surface area (Å²) in [6.45, 7) is 5.37. The zero-order valence-corrected chi connectivity index (χ0v) is 7.11. The van der Waals surface area contributed by atoms with Crippen LogP contribution in [0.5, 0.6) is 0 Å². The van der Waals surface area contributed by atoms with Crippen LogP contribution < -0.4 is 10.9 Å². The molecule has 3 nitrogen and oxygen atoms in total. The molecule has 0 spiro atoms. The molecule has 0 aromatic rings. The highest BCUT2D eigenvalue weighted by Gasteiger charge is 2.04. The molecule has 1 heterocycles. The summed E-state index contributed by atoms with van der Waals surface area (Å²) >= 11 is 1.61. The van der Waals surface area contributed by atoms with Crippen LogP contribution in [0.1, 0.15) is 13.8 Å². The fraction of sp³-hybridized carbons (Fsp3) is 0.667. The summed E-state index contributed by atoms with van der Waals surface area (Å²) in [6.07, 6.45) is 1.90. The second-order valence-corrected chi connectivity index (χ2v) is 3.44. The van der Waals surface area contributed by atoms with Crippen molar-refractivity contribution in [1.82, 2.24) is 15.4 Å². The predicted octanol–water partition coefficient (Wildman–Crippen LogP) is 1.09. The topological polar surface area (TPSA) is 27.3 Å². The third-order valence-electron chi connectivity index (χ3n) is 1.07. The highest BCUT2D eigenvalue weighted by molar-refractivity contribution is 8.00. The van der Waals surface area contributed by atoms with Crippen molar-refractivity contribution in [1.29, 1.82) is 0 Å². The molecule has 0 saturated carbocycles. The fourth-order valence-corrected chi connectivity index (χ4v) is 1.08. The number of rotatable bonds is 3. The minimum absolute atomic E-state index is 0.683. The summed E-state index contributed by atoms with van der Waals surface area (Å²) in [7, 11) is 0.